The van der Waals surface area contributed by atoms with E-state index in [9.17, 15) is 4.79 Å². The van der Waals surface area contributed by atoms with Crippen LogP contribution in [0.25, 0.3) is 0 Å². The van der Waals surface area contributed by atoms with Crippen LogP contribution in [0.15, 0.2) is 30.3 Å². The fourth-order valence-corrected chi connectivity index (χ4v) is 2.82. The topological polar surface area (TPSA) is 26.3 Å². The molecule has 0 saturated heterocycles. The minimum absolute atomic E-state index is 0. The quantitative estimate of drug-likeness (QED) is 0.199. The zero-order valence-electron chi connectivity index (χ0n) is 17.6. The fraction of sp³-hybridized carbons (Fsp3) is 0.708. The fourth-order valence-electron chi connectivity index (χ4n) is 2.82. The molecule has 3 heteroatoms. The van der Waals surface area contributed by atoms with Gasteiger partial charge in [0.25, 0.3) is 0 Å². The van der Waals surface area contributed by atoms with Crippen molar-refractivity contribution in [1.29, 1.82) is 0 Å². The molecule has 0 N–H and O–H groups in total. The van der Waals surface area contributed by atoms with Crippen LogP contribution in [0, 0.1) is 0 Å². The number of carbonyl (C=O) groups is 1. The average molecular weight is 405 g/mol. The van der Waals surface area contributed by atoms with E-state index in [-0.39, 0.29) is 43.7 Å². The molecule has 1 aromatic carbocycles. The number of benzene rings is 1. The summed E-state index contributed by atoms with van der Waals surface area (Å²) < 4.78 is 4.64. The average Bonchev–Trinajstić information content (AvgIpc) is 2.65. The molecular weight excluding hydrogens is 360 g/mol. The van der Waals surface area contributed by atoms with Crippen molar-refractivity contribution in [2.24, 2.45) is 0 Å². The van der Waals surface area contributed by atoms with Crippen LogP contribution >= 0.6 is 0 Å². The van der Waals surface area contributed by atoms with Gasteiger partial charge in [-0.3, -0.25) is 4.79 Å². The van der Waals surface area contributed by atoms with Crippen molar-refractivity contribution < 1.29 is 9.53 Å². The predicted molar refractivity (Wildman–Crippen MR) is 122 cm³/mol. The maximum atomic E-state index is 10.1. The molecule has 1 rings (SSSR count). The van der Waals surface area contributed by atoms with Crippen LogP contribution in [0.1, 0.15) is 103 Å². The van der Waals surface area contributed by atoms with E-state index >= 15 is 0 Å². The normalized spacial score (nSPS) is 9.74. The van der Waals surface area contributed by atoms with Gasteiger partial charge in [-0.15, -0.1) is 0 Å². The standard InChI is InChI=1S/C18H30.C6H12O2.Ca.2H/c1-2-3-4-5-6-7-8-9-10-12-15-18-16-13-11-14-17-18;1-3-4-5-8-6(2)7;;;/h11,13-14,16-17H,2-10,12,15H2,1H3;3-5H2,1-2H3;;;. The van der Waals surface area contributed by atoms with Crippen molar-refractivity contribution in [2.45, 2.75) is 104 Å². The molecule has 0 heterocycles. The summed E-state index contributed by atoms with van der Waals surface area (Å²) in [7, 11) is 0. The van der Waals surface area contributed by atoms with Gasteiger partial charge in [-0.1, -0.05) is 108 Å². The molecule has 0 aliphatic heterocycles. The van der Waals surface area contributed by atoms with Crippen molar-refractivity contribution >= 4 is 43.7 Å². The second kappa shape index (κ2) is 24.0. The zero-order chi connectivity index (χ0) is 19.3. The minimum atomic E-state index is -0.182. The van der Waals surface area contributed by atoms with E-state index in [1.807, 2.05) is 0 Å². The molecule has 0 radical (unpaired) electrons. The Morgan fingerprint density at radius 1 is 0.741 bits per heavy atom. The number of hydrogen-bond acceptors (Lipinski definition) is 2. The summed E-state index contributed by atoms with van der Waals surface area (Å²) in [6, 6.07) is 10.9. The molecule has 0 bridgehead atoms. The number of carbonyl (C=O) groups excluding carboxylic acids is 1. The Morgan fingerprint density at radius 3 is 1.70 bits per heavy atom. The molecule has 1 aromatic rings. The monoisotopic (exact) mass is 404 g/mol. The third-order valence-corrected chi connectivity index (χ3v) is 4.47. The molecule has 2 nitrogen and oxygen atoms in total. The Morgan fingerprint density at radius 2 is 1.22 bits per heavy atom. The molecule has 0 amide bonds. The molecule has 0 fully saturated rings. The Hall–Kier alpha value is -0.0503. The summed E-state index contributed by atoms with van der Waals surface area (Å²) in [5.41, 5.74) is 1.50. The van der Waals surface area contributed by atoms with E-state index in [0.29, 0.717) is 6.61 Å². The van der Waals surface area contributed by atoms with Crippen LogP contribution in [0.2, 0.25) is 0 Å². The second-order valence-electron chi connectivity index (χ2n) is 7.11. The van der Waals surface area contributed by atoms with Crippen LogP contribution in [-0.4, -0.2) is 50.3 Å². The van der Waals surface area contributed by atoms with E-state index < -0.39 is 0 Å². The third-order valence-electron chi connectivity index (χ3n) is 4.47. The van der Waals surface area contributed by atoms with Crippen LogP contribution in [0.4, 0.5) is 0 Å². The van der Waals surface area contributed by atoms with Gasteiger partial charge in [0.2, 0.25) is 0 Å². The summed E-state index contributed by atoms with van der Waals surface area (Å²) in [5.74, 6) is -0.182. The number of ether oxygens (including phenoxy) is 1. The number of hydrogen-bond donors (Lipinski definition) is 0. The van der Waals surface area contributed by atoms with Gasteiger partial charge >= 0.3 is 43.7 Å². The number of esters is 1. The Balaban J connectivity index is 0. The van der Waals surface area contributed by atoms with Gasteiger partial charge in [0.05, 0.1) is 6.61 Å². The van der Waals surface area contributed by atoms with E-state index in [1.165, 1.54) is 83.1 Å². The molecule has 27 heavy (non-hydrogen) atoms. The van der Waals surface area contributed by atoms with Crippen molar-refractivity contribution in [1.82, 2.24) is 0 Å². The van der Waals surface area contributed by atoms with Gasteiger partial charge in [0.1, 0.15) is 0 Å². The molecular formula is C24H44CaO2. The van der Waals surface area contributed by atoms with Crippen molar-refractivity contribution in [3.8, 4) is 0 Å². The third kappa shape index (κ3) is 23.9. The summed E-state index contributed by atoms with van der Waals surface area (Å²) in [5, 5.41) is 0. The molecule has 0 aliphatic rings. The molecule has 0 aliphatic carbocycles. The van der Waals surface area contributed by atoms with Gasteiger partial charge in [0.15, 0.2) is 0 Å². The summed E-state index contributed by atoms with van der Waals surface area (Å²) in [6.07, 6.45) is 17.6. The summed E-state index contributed by atoms with van der Waals surface area (Å²) in [4.78, 5) is 10.1. The van der Waals surface area contributed by atoms with Gasteiger partial charge in [-0.25, -0.2) is 0 Å². The first-order chi connectivity index (χ1) is 12.7. The second-order valence-corrected chi connectivity index (χ2v) is 7.11. The maximum absolute atomic E-state index is 10.1. The van der Waals surface area contributed by atoms with Gasteiger partial charge < -0.3 is 4.74 Å². The zero-order valence-corrected chi connectivity index (χ0v) is 17.6. The van der Waals surface area contributed by atoms with E-state index in [2.05, 4.69) is 48.9 Å². The Bertz CT molecular complexity index is 406. The van der Waals surface area contributed by atoms with Gasteiger partial charge in [-0.05, 0) is 24.8 Å². The van der Waals surface area contributed by atoms with Crippen molar-refractivity contribution in [3.63, 3.8) is 0 Å². The molecule has 0 aromatic heterocycles. The van der Waals surface area contributed by atoms with E-state index in [4.69, 9.17) is 0 Å². The molecule has 0 atom stereocenters. The molecule has 0 unspecified atom stereocenters. The van der Waals surface area contributed by atoms with E-state index in [0.717, 1.165) is 12.8 Å². The van der Waals surface area contributed by atoms with Crippen molar-refractivity contribution in [2.75, 3.05) is 6.61 Å². The Labute approximate surface area is 198 Å². The van der Waals surface area contributed by atoms with Crippen LogP contribution in [0.5, 0.6) is 0 Å². The number of aryl methyl sites for hydroxylation is 1. The first-order valence-electron chi connectivity index (χ1n) is 10.9. The van der Waals surface area contributed by atoms with E-state index in [1.54, 1.807) is 0 Å². The first kappa shape index (κ1) is 29.2. The van der Waals surface area contributed by atoms with Crippen LogP contribution in [-0.2, 0) is 16.0 Å². The summed E-state index contributed by atoms with van der Waals surface area (Å²) >= 11 is 0. The number of unbranched alkanes of at least 4 members (excludes halogenated alkanes) is 10. The van der Waals surface area contributed by atoms with Crippen LogP contribution in [0.3, 0.4) is 0 Å². The SMILES string of the molecule is CCCCCCCCCCCCc1ccccc1.CCCCOC(C)=O.[CaH2]. The van der Waals surface area contributed by atoms with Crippen molar-refractivity contribution in [3.05, 3.63) is 35.9 Å². The molecule has 0 saturated carbocycles. The Kier molecular flexibility index (Phi) is 25.9. The molecule has 154 valence electrons. The van der Waals surface area contributed by atoms with Gasteiger partial charge in [0, 0.05) is 6.92 Å². The summed E-state index contributed by atoms with van der Waals surface area (Å²) in [6.45, 7) is 6.34. The molecule has 0 spiro atoms. The first-order valence-corrected chi connectivity index (χ1v) is 10.9. The van der Waals surface area contributed by atoms with Gasteiger partial charge in [-0.2, -0.15) is 0 Å². The predicted octanol–water partition coefficient (Wildman–Crippen LogP) is 6.58. The van der Waals surface area contributed by atoms with Crippen LogP contribution < -0.4 is 0 Å². The number of rotatable bonds is 14.